The van der Waals surface area contributed by atoms with Gasteiger partial charge in [0.05, 0.1) is 11.0 Å². The molecule has 0 unspecified atom stereocenters. The fourth-order valence-corrected chi connectivity index (χ4v) is 1.76. The molecule has 0 saturated heterocycles. The Kier molecular flexibility index (Phi) is 4.60. The molecule has 8 nitrogen and oxygen atoms in total. The molecule has 0 bridgehead atoms. The van der Waals surface area contributed by atoms with Gasteiger partial charge >= 0.3 is 18.2 Å². The molecule has 2 rings (SSSR count). The van der Waals surface area contributed by atoms with E-state index in [1.165, 1.54) is 0 Å². The number of hydrogen-bond donors (Lipinski definition) is 3. The number of hydrogen-bond acceptors (Lipinski definition) is 4. The number of aromatic nitrogens is 2. The number of imidazole rings is 1. The number of ether oxygens (including phenoxy) is 1. The Labute approximate surface area is 120 Å². The van der Waals surface area contributed by atoms with Crippen molar-refractivity contribution in [2.75, 3.05) is 12.0 Å². The maximum absolute atomic E-state index is 11.6. The molecule has 0 aliphatic carbocycles. The second kappa shape index (κ2) is 6.60. The number of benzene rings is 1. The standard InChI is InChI=1S/C13H16N4O4/c1-2-3-8-14-13(20)21-11-15-9-6-4-5-7-10(9)17(11)16-12(18)19/h4-7,16H,2-3,8H2,1H3,(H,14,20)(H,18,19). The molecule has 0 radical (unpaired) electrons. The fraction of sp³-hybridized carbons (Fsp3) is 0.308. The summed E-state index contributed by atoms with van der Waals surface area (Å²) in [5, 5.41) is 11.4. The average molecular weight is 292 g/mol. The van der Waals surface area contributed by atoms with Gasteiger partial charge in [-0.1, -0.05) is 25.5 Å². The number of unbranched alkanes of at least 4 members (excludes halogenated alkanes) is 1. The van der Waals surface area contributed by atoms with E-state index >= 15 is 0 Å². The third-order valence-corrected chi connectivity index (χ3v) is 2.72. The van der Waals surface area contributed by atoms with Crippen LogP contribution in [0.2, 0.25) is 0 Å². The van der Waals surface area contributed by atoms with E-state index in [-0.39, 0.29) is 6.01 Å². The van der Waals surface area contributed by atoms with Gasteiger partial charge in [0.1, 0.15) is 0 Å². The van der Waals surface area contributed by atoms with Crippen molar-refractivity contribution in [1.29, 1.82) is 0 Å². The minimum atomic E-state index is -1.28. The Hall–Kier alpha value is -2.77. The Morgan fingerprint density at radius 3 is 2.86 bits per heavy atom. The Bertz CT molecular complexity index is 653. The third-order valence-electron chi connectivity index (χ3n) is 2.72. The van der Waals surface area contributed by atoms with Crippen molar-refractivity contribution in [2.24, 2.45) is 0 Å². The molecular weight excluding hydrogens is 276 g/mol. The molecule has 0 fully saturated rings. The second-order valence-corrected chi connectivity index (χ2v) is 4.31. The van der Waals surface area contributed by atoms with Gasteiger partial charge in [-0.3, -0.25) is 0 Å². The van der Waals surface area contributed by atoms with Crippen molar-refractivity contribution in [3.8, 4) is 6.01 Å². The third kappa shape index (κ3) is 3.62. The SMILES string of the molecule is CCCCNC(=O)Oc1nc2ccccc2n1NC(=O)O. The zero-order valence-electron chi connectivity index (χ0n) is 11.5. The van der Waals surface area contributed by atoms with Gasteiger partial charge in [0, 0.05) is 6.54 Å². The van der Waals surface area contributed by atoms with E-state index in [4.69, 9.17) is 9.84 Å². The molecule has 2 amide bonds. The van der Waals surface area contributed by atoms with Gasteiger partial charge in [-0.05, 0) is 18.6 Å². The van der Waals surface area contributed by atoms with Crippen LogP contribution in [0.15, 0.2) is 24.3 Å². The summed E-state index contributed by atoms with van der Waals surface area (Å²) in [6.45, 7) is 2.49. The number of carboxylic acid groups (broad SMARTS) is 1. The normalized spacial score (nSPS) is 10.3. The largest absolute Gasteiger partial charge is 0.464 e. The minimum Gasteiger partial charge on any atom is -0.464 e. The lowest BCUT2D eigenvalue weighted by Gasteiger charge is -2.08. The molecule has 1 aromatic carbocycles. The van der Waals surface area contributed by atoms with Crippen LogP contribution in [0, 0.1) is 0 Å². The summed E-state index contributed by atoms with van der Waals surface area (Å²) in [7, 11) is 0. The Balaban J connectivity index is 2.21. The maximum atomic E-state index is 11.6. The molecule has 1 aromatic heterocycles. The molecule has 0 atom stereocenters. The summed E-state index contributed by atoms with van der Waals surface area (Å²) in [5.41, 5.74) is 3.15. The van der Waals surface area contributed by atoms with Gasteiger partial charge in [0.25, 0.3) is 0 Å². The van der Waals surface area contributed by atoms with E-state index in [2.05, 4.69) is 15.7 Å². The van der Waals surface area contributed by atoms with E-state index in [0.717, 1.165) is 17.5 Å². The monoisotopic (exact) mass is 292 g/mol. The number of rotatable bonds is 5. The van der Waals surface area contributed by atoms with Gasteiger partial charge < -0.3 is 15.2 Å². The van der Waals surface area contributed by atoms with Crippen LogP contribution in [0.4, 0.5) is 9.59 Å². The van der Waals surface area contributed by atoms with Crippen LogP contribution in [0.5, 0.6) is 6.01 Å². The maximum Gasteiger partial charge on any atom is 0.424 e. The Morgan fingerprint density at radius 2 is 2.14 bits per heavy atom. The number of carbonyl (C=O) groups is 2. The van der Waals surface area contributed by atoms with E-state index in [1.54, 1.807) is 24.3 Å². The molecule has 2 aromatic rings. The number of amides is 2. The summed E-state index contributed by atoms with van der Waals surface area (Å²) in [6.07, 6.45) is -0.181. The van der Waals surface area contributed by atoms with Crippen molar-refractivity contribution in [3.63, 3.8) is 0 Å². The summed E-state index contributed by atoms with van der Waals surface area (Å²) >= 11 is 0. The Morgan fingerprint density at radius 1 is 1.38 bits per heavy atom. The number of para-hydroxylation sites is 2. The van der Waals surface area contributed by atoms with Crippen LogP contribution in [0.25, 0.3) is 11.0 Å². The highest BCUT2D eigenvalue weighted by Crippen LogP contribution is 2.19. The van der Waals surface area contributed by atoms with Crippen LogP contribution in [-0.4, -0.2) is 33.5 Å². The number of carbonyl (C=O) groups excluding carboxylic acids is 1. The number of fused-ring (bicyclic) bond motifs is 1. The van der Waals surface area contributed by atoms with E-state index in [1.807, 2.05) is 6.92 Å². The molecule has 21 heavy (non-hydrogen) atoms. The lowest BCUT2D eigenvalue weighted by atomic mass is 10.3. The van der Waals surface area contributed by atoms with Gasteiger partial charge in [-0.2, -0.15) is 9.66 Å². The van der Waals surface area contributed by atoms with Crippen molar-refractivity contribution in [2.45, 2.75) is 19.8 Å². The van der Waals surface area contributed by atoms with Crippen LogP contribution >= 0.6 is 0 Å². The summed E-state index contributed by atoms with van der Waals surface area (Å²) < 4.78 is 6.16. The van der Waals surface area contributed by atoms with Gasteiger partial charge in [0.15, 0.2) is 0 Å². The summed E-state index contributed by atoms with van der Waals surface area (Å²) in [5.74, 6) is 0. The summed E-state index contributed by atoms with van der Waals surface area (Å²) in [6, 6.07) is 6.71. The van der Waals surface area contributed by atoms with E-state index < -0.39 is 12.2 Å². The molecule has 0 aliphatic rings. The van der Waals surface area contributed by atoms with Gasteiger partial charge in [0.2, 0.25) is 0 Å². The van der Waals surface area contributed by atoms with Crippen LogP contribution in [-0.2, 0) is 0 Å². The quantitative estimate of drug-likeness (QED) is 0.732. The lowest BCUT2D eigenvalue weighted by molar-refractivity contribution is 0.192. The van der Waals surface area contributed by atoms with Crippen LogP contribution in [0.1, 0.15) is 19.8 Å². The first-order valence-electron chi connectivity index (χ1n) is 6.55. The predicted octanol–water partition coefficient (Wildman–Crippen LogP) is 2.15. The van der Waals surface area contributed by atoms with Crippen molar-refractivity contribution in [3.05, 3.63) is 24.3 Å². The van der Waals surface area contributed by atoms with Crippen molar-refractivity contribution in [1.82, 2.24) is 15.0 Å². The molecule has 0 saturated carbocycles. The highest BCUT2D eigenvalue weighted by Gasteiger charge is 2.16. The smallest absolute Gasteiger partial charge is 0.424 e. The first kappa shape index (κ1) is 14.6. The van der Waals surface area contributed by atoms with E-state index in [0.29, 0.717) is 17.6 Å². The first-order valence-corrected chi connectivity index (χ1v) is 6.55. The lowest BCUT2D eigenvalue weighted by Crippen LogP contribution is -2.30. The number of nitrogens with zero attached hydrogens (tertiary/aromatic N) is 2. The predicted molar refractivity (Wildman–Crippen MR) is 76.1 cm³/mol. The molecular formula is C13H16N4O4. The summed E-state index contributed by atoms with van der Waals surface area (Å²) in [4.78, 5) is 26.6. The highest BCUT2D eigenvalue weighted by molar-refractivity contribution is 5.82. The second-order valence-electron chi connectivity index (χ2n) is 4.31. The van der Waals surface area contributed by atoms with Crippen LogP contribution < -0.4 is 15.5 Å². The average Bonchev–Trinajstić information content (AvgIpc) is 2.76. The zero-order valence-corrected chi connectivity index (χ0v) is 11.5. The molecule has 112 valence electrons. The van der Waals surface area contributed by atoms with Gasteiger partial charge in [-0.25, -0.2) is 15.0 Å². The zero-order chi connectivity index (χ0) is 15.2. The molecule has 1 heterocycles. The molecule has 0 aliphatic heterocycles. The topological polar surface area (TPSA) is 105 Å². The molecule has 3 N–H and O–H groups in total. The fourth-order valence-electron chi connectivity index (χ4n) is 1.76. The highest BCUT2D eigenvalue weighted by atomic mass is 16.6. The van der Waals surface area contributed by atoms with Crippen LogP contribution in [0.3, 0.4) is 0 Å². The minimum absolute atomic E-state index is 0.132. The number of nitrogens with one attached hydrogen (secondary N) is 2. The first-order chi connectivity index (χ1) is 10.1. The van der Waals surface area contributed by atoms with Gasteiger partial charge in [-0.15, -0.1) is 0 Å². The molecule has 0 spiro atoms. The van der Waals surface area contributed by atoms with E-state index in [9.17, 15) is 9.59 Å². The molecule has 8 heteroatoms. The van der Waals surface area contributed by atoms with Crippen molar-refractivity contribution < 1.29 is 19.4 Å². The van der Waals surface area contributed by atoms with Crippen molar-refractivity contribution >= 4 is 23.2 Å².